The standard InChI is InChI=1S/C22H30N2O4S2/c1-15-13-23(29-17-7-9-19(25-3)21(11-17)27-5)14-16(2)24(15)30-18-8-10-20(26-4)22(12-18)28-6/h7-12,15-16H,13-14H2,1-6H3. The highest BCUT2D eigenvalue weighted by Crippen LogP contribution is 2.39. The van der Waals surface area contributed by atoms with Crippen molar-refractivity contribution in [2.24, 2.45) is 0 Å². The number of benzene rings is 2. The van der Waals surface area contributed by atoms with Gasteiger partial charge in [0.25, 0.3) is 0 Å². The number of rotatable bonds is 8. The van der Waals surface area contributed by atoms with Gasteiger partial charge < -0.3 is 18.9 Å². The van der Waals surface area contributed by atoms with Gasteiger partial charge in [0.15, 0.2) is 23.0 Å². The molecule has 0 saturated carbocycles. The van der Waals surface area contributed by atoms with Crippen LogP contribution in [0.5, 0.6) is 23.0 Å². The molecule has 0 spiro atoms. The summed E-state index contributed by atoms with van der Waals surface area (Å²) in [6.07, 6.45) is 0. The Morgan fingerprint density at radius 1 is 0.667 bits per heavy atom. The van der Waals surface area contributed by atoms with E-state index in [0.29, 0.717) is 12.1 Å². The van der Waals surface area contributed by atoms with Crippen LogP contribution in [0.25, 0.3) is 0 Å². The van der Waals surface area contributed by atoms with Crippen LogP contribution in [0.15, 0.2) is 46.2 Å². The number of nitrogens with zero attached hydrogens (tertiary/aromatic N) is 2. The van der Waals surface area contributed by atoms with Gasteiger partial charge in [-0.05, 0) is 74.1 Å². The third-order valence-electron chi connectivity index (χ3n) is 4.96. The summed E-state index contributed by atoms with van der Waals surface area (Å²) < 4.78 is 26.5. The average Bonchev–Trinajstić information content (AvgIpc) is 2.76. The van der Waals surface area contributed by atoms with E-state index in [9.17, 15) is 0 Å². The topological polar surface area (TPSA) is 43.4 Å². The minimum absolute atomic E-state index is 0.388. The Hall–Kier alpha value is -1.74. The van der Waals surface area contributed by atoms with E-state index in [2.05, 4.69) is 34.6 Å². The van der Waals surface area contributed by atoms with Crippen LogP contribution in [0, 0.1) is 0 Å². The summed E-state index contributed by atoms with van der Waals surface area (Å²) in [5.74, 6) is 3.01. The molecule has 2 atom stereocenters. The molecule has 2 aromatic carbocycles. The van der Waals surface area contributed by atoms with Crippen LogP contribution >= 0.6 is 23.9 Å². The van der Waals surface area contributed by atoms with Gasteiger partial charge in [0.05, 0.1) is 28.4 Å². The summed E-state index contributed by atoms with van der Waals surface area (Å²) in [5, 5.41) is 0. The van der Waals surface area contributed by atoms with Crippen LogP contribution in [0.3, 0.4) is 0 Å². The van der Waals surface area contributed by atoms with Crippen LogP contribution < -0.4 is 18.9 Å². The first-order chi connectivity index (χ1) is 14.5. The minimum atomic E-state index is 0.388. The van der Waals surface area contributed by atoms with Gasteiger partial charge in [-0.15, -0.1) is 0 Å². The second-order valence-electron chi connectivity index (χ2n) is 7.12. The molecule has 1 aliphatic heterocycles. The Balaban J connectivity index is 1.65. The fourth-order valence-electron chi connectivity index (χ4n) is 3.53. The van der Waals surface area contributed by atoms with E-state index in [1.165, 1.54) is 0 Å². The first-order valence-electron chi connectivity index (χ1n) is 9.82. The molecule has 0 aliphatic carbocycles. The van der Waals surface area contributed by atoms with Crippen molar-refractivity contribution in [3.63, 3.8) is 0 Å². The SMILES string of the molecule is COc1ccc(SN2CC(C)N(Sc3ccc(OC)c(OC)c3)C(C)C2)cc1OC. The maximum absolute atomic E-state index is 5.45. The van der Waals surface area contributed by atoms with Crippen LogP contribution in [-0.2, 0) is 0 Å². The zero-order valence-electron chi connectivity index (χ0n) is 18.4. The molecule has 6 nitrogen and oxygen atoms in total. The summed E-state index contributed by atoms with van der Waals surface area (Å²) in [4.78, 5) is 2.29. The molecule has 0 N–H and O–H groups in total. The summed E-state index contributed by atoms with van der Waals surface area (Å²) in [7, 11) is 6.65. The lowest BCUT2D eigenvalue weighted by Crippen LogP contribution is -2.51. The largest absolute Gasteiger partial charge is 0.493 e. The number of hydrogen-bond acceptors (Lipinski definition) is 8. The van der Waals surface area contributed by atoms with E-state index in [0.717, 1.165) is 45.9 Å². The monoisotopic (exact) mass is 450 g/mol. The van der Waals surface area contributed by atoms with Gasteiger partial charge in [-0.1, -0.05) is 0 Å². The van der Waals surface area contributed by atoms with Crippen molar-refractivity contribution in [3.05, 3.63) is 36.4 Å². The van der Waals surface area contributed by atoms with E-state index < -0.39 is 0 Å². The maximum Gasteiger partial charge on any atom is 0.161 e. The first kappa shape index (κ1) is 22.9. The Bertz CT molecular complexity index is 840. The van der Waals surface area contributed by atoms with Crippen molar-refractivity contribution < 1.29 is 18.9 Å². The zero-order valence-corrected chi connectivity index (χ0v) is 20.0. The number of methoxy groups -OCH3 is 4. The predicted molar refractivity (Wildman–Crippen MR) is 123 cm³/mol. The molecule has 0 radical (unpaired) electrons. The Kier molecular flexibility index (Phi) is 8.05. The molecule has 1 aliphatic rings. The predicted octanol–water partition coefficient (Wildman–Crippen LogP) is 4.83. The number of piperazine rings is 1. The molecular weight excluding hydrogens is 420 g/mol. The van der Waals surface area contributed by atoms with Gasteiger partial charge in [-0.3, -0.25) is 0 Å². The second-order valence-corrected chi connectivity index (χ2v) is 9.37. The molecule has 0 aromatic heterocycles. The lowest BCUT2D eigenvalue weighted by atomic mass is 10.2. The molecular formula is C22H30N2O4S2. The smallest absolute Gasteiger partial charge is 0.161 e. The van der Waals surface area contributed by atoms with Crippen LogP contribution in [0.2, 0.25) is 0 Å². The molecule has 164 valence electrons. The van der Waals surface area contributed by atoms with Gasteiger partial charge in [0.1, 0.15) is 0 Å². The highest BCUT2D eigenvalue weighted by molar-refractivity contribution is 7.97. The van der Waals surface area contributed by atoms with Crippen molar-refractivity contribution in [3.8, 4) is 23.0 Å². The highest BCUT2D eigenvalue weighted by atomic mass is 32.2. The van der Waals surface area contributed by atoms with E-state index in [1.807, 2.05) is 24.3 Å². The Morgan fingerprint density at radius 2 is 1.10 bits per heavy atom. The first-order valence-corrected chi connectivity index (χ1v) is 11.4. The Labute approximate surface area is 188 Å². The molecule has 0 amide bonds. The fraction of sp³-hybridized carbons (Fsp3) is 0.455. The summed E-state index contributed by atoms with van der Waals surface area (Å²) >= 11 is 3.54. The van der Waals surface area contributed by atoms with Crippen molar-refractivity contribution in [2.75, 3.05) is 41.5 Å². The number of hydrogen-bond donors (Lipinski definition) is 0. The average molecular weight is 451 g/mol. The van der Waals surface area contributed by atoms with E-state index in [4.69, 9.17) is 18.9 Å². The Morgan fingerprint density at radius 3 is 1.53 bits per heavy atom. The van der Waals surface area contributed by atoms with Crippen molar-refractivity contribution >= 4 is 23.9 Å². The van der Waals surface area contributed by atoms with Gasteiger partial charge in [-0.2, -0.15) is 0 Å². The molecule has 1 fully saturated rings. The molecule has 1 heterocycles. The third kappa shape index (κ3) is 5.29. The molecule has 0 bridgehead atoms. The molecule has 3 rings (SSSR count). The van der Waals surface area contributed by atoms with Gasteiger partial charge in [0, 0.05) is 35.0 Å². The van der Waals surface area contributed by atoms with Crippen LogP contribution in [0.1, 0.15) is 13.8 Å². The molecule has 2 unspecified atom stereocenters. The molecule has 8 heteroatoms. The van der Waals surface area contributed by atoms with Crippen molar-refractivity contribution in [2.45, 2.75) is 35.7 Å². The van der Waals surface area contributed by atoms with Crippen molar-refractivity contribution in [1.29, 1.82) is 0 Å². The van der Waals surface area contributed by atoms with Crippen LogP contribution in [0.4, 0.5) is 0 Å². The third-order valence-corrected chi connectivity index (χ3v) is 7.38. The number of ether oxygens (including phenoxy) is 4. The highest BCUT2D eigenvalue weighted by Gasteiger charge is 2.31. The summed E-state index contributed by atoms with van der Waals surface area (Å²) in [6, 6.07) is 12.9. The lowest BCUT2D eigenvalue weighted by Gasteiger charge is -2.42. The lowest BCUT2D eigenvalue weighted by molar-refractivity contribution is 0.182. The van der Waals surface area contributed by atoms with Gasteiger partial charge in [0.2, 0.25) is 0 Å². The summed E-state index contributed by atoms with van der Waals surface area (Å²) in [5.41, 5.74) is 0. The molecule has 1 saturated heterocycles. The summed E-state index contributed by atoms with van der Waals surface area (Å²) in [6.45, 7) is 6.46. The van der Waals surface area contributed by atoms with Crippen molar-refractivity contribution in [1.82, 2.24) is 8.61 Å². The molecule has 30 heavy (non-hydrogen) atoms. The van der Waals surface area contributed by atoms with Gasteiger partial charge in [-0.25, -0.2) is 8.61 Å². The fourth-order valence-corrected chi connectivity index (χ4v) is 5.72. The van der Waals surface area contributed by atoms with E-state index >= 15 is 0 Å². The maximum atomic E-state index is 5.45. The minimum Gasteiger partial charge on any atom is -0.493 e. The van der Waals surface area contributed by atoms with E-state index in [1.54, 1.807) is 52.3 Å². The second kappa shape index (κ2) is 10.5. The molecule has 2 aromatic rings. The van der Waals surface area contributed by atoms with Gasteiger partial charge >= 0.3 is 0 Å². The van der Waals surface area contributed by atoms with E-state index in [-0.39, 0.29) is 0 Å². The quantitative estimate of drug-likeness (QED) is 0.530. The van der Waals surface area contributed by atoms with Crippen LogP contribution in [-0.4, -0.2) is 62.2 Å². The normalized spacial score (nSPS) is 20.1. The zero-order chi connectivity index (χ0) is 21.7.